The highest BCUT2D eigenvalue weighted by Gasteiger charge is 2.24. The highest BCUT2D eigenvalue weighted by atomic mass is 32.2. The minimum atomic E-state index is -4.23. The number of fused-ring (bicyclic) bond motifs is 2. The predicted octanol–water partition coefficient (Wildman–Crippen LogP) is 1.59. The van der Waals surface area contributed by atoms with Crippen LogP contribution >= 0.6 is 0 Å². The summed E-state index contributed by atoms with van der Waals surface area (Å²) >= 11 is 0. The number of sulfonamides is 1. The first-order valence-corrected chi connectivity index (χ1v) is 9.02. The van der Waals surface area contributed by atoms with Crippen molar-refractivity contribution in [1.82, 2.24) is 14.7 Å². The van der Waals surface area contributed by atoms with Gasteiger partial charge in [0.2, 0.25) is 0 Å². The molecule has 0 spiro atoms. The van der Waals surface area contributed by atoms with Gasteiger partial charge in [-0.15, -0.1) is 0 Å². The molecule has 1 aliphatic rings. The fraction of sp³-hybridized carbons (Fsp3) is 0.125. The second kappa shape index (κ2) is 5.99. The van der Waals surface area contributed by atoms with Gasteiger partial charge in [0.15, 0.2) is 11.5 Å². The molecule has 0 bridgehead atoms. The third-order valence-corrected chi connectivity index (χ3v) is 5.13. The van der Waals surface area contributed by atoms with Crippen LogP contribution in [0.3, 0.4) is 0 Å². The normalized spacial score (nSPS) is 13.6. The first-order valence-electron chi connectivity index (χ1n) is 7.53. The van der Waals surface area contributed by atoms with E-state index >= 15 is 0 Å². The monoisotopic (exact) mass is 377 g/mol. The zero-order chi connectivity index (χ0) is 18.3. The lowest BCUT2D eigenvalue weighted by Crippen LogP contribution is -2.31. The van der Waals surface area contributed by atoms with E-state index in [1.807, 2.05) is 4.72 Å². The average Bonchev–Trinajstić information content (AvgIpc) is 3.07. The Labute approximate surface area is 147 Å². The summed E-state index contributed by atoms with van der Waals surface area (Å²) in [7, 11) is -4.23. The molecule has 0 radical (unpaired) electrons. The summed E-state index contributed by atoms with van der Waals surface area (Å²) in [5.74, 6) is -1.29. The highest BCUT2D eigenvalue weighted by molar-refractivity contribution is 7.90. The fourth-order valence-corrected chi connectivity index (χ4v) is 3.54. The molecule has 3 aromatic rings. The van der Waals surface area contributed by atoms with E-state index in [9.17, 15) is 17.6 Å². The lowest BCUT2D eigenvalue weighted by atomic mass is 10.2. The minimum absolute atomic E-state index is 0.198. The number of halogens is 1. The van der Waals surface area contributed by atoms with Crippen LogP contribution < -0.4 is 14.2 Å². The van der Waals surface area contributed by atoms with Crippen LogP contribution in [0.15, 0.2) is 41.6 Å². The summed E-state index contributed by atoms with van der Waals surface area (Å²) in [6.07, 6.45) is 1.34. The summed E-state index contributed by atoms with van der Waals surface area (Å²) in [5.41, 5.74) is 0.313. The molecule has 2 aromatic carbocycles. The van der Waals surface area contributed by atoms with Gasteiger partial charge in [0, 0.05) is 12.1 Å². The van der Waals surface area contributed by atoms with Crippen molar-refractivity contribution in [3.05, 3.63) is 48.0 Å². The fourth-order valence-electron chi connectivity index (χ4n) is 2.56. The summed E-state index contributed by atoms with van der Waals surface area (Å²) < 4.78 is 51.5. The number of nitrogens with zero attached hydrogens (tertiary/aromatic N) is 1. The van der Waals surface area contributed by atoms with Crippen molar-refractivity contribution in [3.63, 3.8) is 0 Å². The van der Waals surface area contributed by atoms with Gasteiger partial charge in [0.05, 0.1) is 27.8 Å². The molecule has 0 aliphatic carbocycles. The number of imidazole rings is 1. The molecular weight excluding hydrogens is 365 g/mol. The lowest BCUT2D eigenvalue weighted by Gasteiger charge is -2.18. The Morgan fingerprint density at radius 3 is 2.73 bits per heavy atom. The number of H-pyrrole nitrogens is 1. The molecule has 2 heterocycles. The quantitative estimate of drug-likeness (QED) is 0.717. The van der Waals surface area contributed by atoms with Gasteiger partial charge in [0.1, 0.15) is 19.0 Å². The van der Waals surface area contributed by atoms with Gasteiger partial charge in [-0.25, -0.2) is 22.5 Å². The van der Waals surface area contributed by atoms with Crippen molar-refractivity contribution in [1.29, 1.82) is 0 Å². The number of carbonyl (C=O) groups is 1. The predicted molar refractivity (Wildman–Crippen MR) is 88.1 cm³/mol. The van der Waals surface area contributed by atoms with E-state index < -0.39 is 27.3 Å². The molecule has 1 amide bonds. The summed E-state index contributed by atoms with van der Waals surface area (Å²) in [6.45, 7) is 0.655. The Kier molecular flexibility index (Phi) is 3.76. The van der Waals surface area contributed by atoms with Crippen LogP contribution in [-0.4, -0.2) is 37.5 Å². The van der Waals surface area contributed by atoms with Crippen molar-refractivity contribution < 1.29 is 27.1 Å². The standard InChI is InChI=1S/C16H12FN3O5S/c17-11-7-13-12(18-8-19-13)6-10(11)16(21)20-26(22,23)9-1-2-14-15(5-9)25-4-3-24-14/h1-2,5-8H,3-4H2,(H,18,19)(H,20,21). The molecule has 0 saturated heterocycles. The Morgan fingerprint density at radius 1 is 1.15 bits per heavy atom. The second-order valence-electron chi connectivity index (χ2n) is 5.49. The van der Waals surface area contributed by atoms with Gasteiger partial charge in [0.25, 0.3) is 15.9 Å². The van der Waals surface area contributed by atoms with Gasteiger partial charge in [-0.1, -0.05) is 0 Å². The minimum Gasteiger partial charge on any atom is -0.486 e. The van der Waals surface area contributed by atoms with Gasteiger partial charge in [-0.3, -0.25) is 4.79 Å². The number of nitrogens with one attached hydrogen (secondary N) is 2. The molecule has 0 unspecified atom stereocenters. The maximum atomic E-state index is 14.1. The van der Waals surface area contributed by atoms with E-state index in [1.165, 1.54) is 30.6 Å². The number of amides is 1. The number of hydrogen-bond acceptors (Lipinski definition) is 6. The average molecular weight is 377 g/mol. The van der Waals surface area contributed by atoms with E-state index in [-0.39, 0.29) is 17.3 Å². The molecule has 0 saturated carbocycles. The van der Waals surface area contributed by atoms with Crippen LogP contribution in [-0.2, 0) is 10.0 Å². The third kappa shape index (κ3) is 2.84. The molecule has 8 nitrogen and oxygen atoms in total. The van der Waals surface area contributed by atoms with Crippen LogP contribution in [0.4, 0.5) is 4.39 Å². The smallest absolute Gasteiger partial charge is 0.268 e. The Hall–Kier alpha value is -3.14. The Balaban J connectivity index is 1.64. The first kappa shape index (κ1) is 16.3. The van der Waals surface area contributed by atoms with Crippen molar-refractivity contribution in [2.24, 2.45) is 0 Å². The van der Waals surface area contributed by atoms with Crippen LogP contribution in [0.2, 0.25) is 0 Å². The van der Waals surface area contributed by atoms with Gasteiger partial charge in [-0.2, -0.15) is 0 Å². The second-order valence-corrected chi connectivity index (χ2v) is 7.17. The molecular formula is C16H12FN3O5S. The maximum absolute atomic E-state index is 14.1. The molecule has 0 fully saturated rings. The number of aromatic amines is 1. The molecule has 0 atom stereocenters. The molecule has 134 valence electrons. The summed E-state index contributed by atoms with van der Waals surface area (Å²) in [4.78, 5) is 18.7. The molecule has 26 heavy (non-hydrogen) atoms. The Bertz CT molecular complexity index is 1130. The van der Waals surface area contributed by atoms with Crippen LogP contribution in [0.1, 0.15) is 10.4 Å². The van der Waals surface area contributed by atoms with Crippen LogP contribution in [0, 0.1) is 5.82 Å². The number of aromatic nitrogens is 2. The van der Waals surface area contributed by atoms with E-state index in [4.69, 9.17) is 9.47 Å². The lowest BCUT2D eigenvalue weighted by molar-refractivity contribution is 0.0977. The molecule has 2 N–H and O–H groups in total. The van der Waals surface area contributed by atoms with E-state index in [2.05, 4.69) is 9.97 Å². The summed E-state index contributed by atoms with van der Waals surface area (Å²) in [6, 6.07) is 6.21. The Morgan fingerprint density at radius 2 is 1.92 bits per heavy atom. The zero-order valence-corrected chi connectivity index (χ0v) is 14.0. The van der Waals surface area contributed by atoms with Crippen LogP contribution in [0.5, 0.6) is 11.5 Å². The molecule has 1 aliphatic heterocycles. The SMILES string of the molecule is O=C(NS(=O)(=O)c1ccc2c(c1)OCCO2)c1cc2nc[nH]c2cc1F. The van der Waals surface area contributed by atoms with Gasteiger partial charge >= 0.3 is 0 Å². The van der Waals surface area contributed by atoms with E-state index in [0.29, 0.717) is 23.4 Å². The largest absolute Gasteiger partial charge is 0.486 e. The van der Waals surface area contributed by atoms with Gasteiger partial charge < -0.3 is 14.5 Å². The van der Waals surface area contributed by atoms with E-state index in [0.717, 1.165) is 6.07 Å². The number of carbonyl (C=O) groups excluding carboxylic acids is 1. The number of benzene rings is 2. The van der Waals surface area contributed by atoms with Crippen molar-refractivity contribution in [2.75, 3.05) is 13.2 Å². The highest BCUT2D eigenvalue weighted by Crippen LogP contribution is 2.32. The number of rotatable bonds is 3. The van der Waals surface area contributed by atoms with Crippen molar-refractivity contribution in [2.45, 2.75) is 4.90 Å². The maximum Gasteiger partial charge on any atom is 0.268 e. The van der Waals surface area contributed by atoms with Crippen LogP contribution in [0.25, 0.3) is 11.0 Å². The first-order chi connectivity index (χ1) is 12.4. The number of hydrogen-bond donors (Lipinski definition) is 2. The van der Waals surface area contributed by atoms with E-state index in [1.54, 1.807) is 0 Å². The van der Waals surface area contributed by atoms with Gasteiger partial charge in [-0.05, 0) is 18.2 Å². The molecule has 1 aromatic heterocycles. The number of ether oxygens (including phenoxy) is 2. The van der Waals surface area contributed by atoms with Crippen molar-refractivity contribution >= 4 is 27.0 Å². The summed E-state index contributed by atoms with van der Waals surface area (Å²) in [5, 5.41) is 0. The zero-order valence-electron chi connectivity index (χ0n) is 13.2. The molecule has 10 heteroatoms. The van der Waals surface area contributed by atoms with Crippen molar-refractivity contribution in [3.8, 4) is 11.5 Å². The third-order valence-electron chi connectivity index (χ3n) is 3.80. The molecule has 4 rings (SSSR count). The topological polar surface area (TPSA) is 110 Å².